The molecule has 1 aliphatic rings. The van der Waals surface area contributed by atoms with Crippen LogP contribution >= 0.6 is 12.2 Å². The normalized spacial score (nSPS) is 27.6. The third-order valence-corrected chi connectivity index (χ3v) is 4.57. The second kappa shape index (κ2) is 6.36. The number of carbonyl (C=O) groups excluding carboxylic acids is 1. The van der Waals surface area contributed by atoms with Gasteiger partial charge >= 0.3 is 6.03 Å². The lowest BCUT2D eigenvalue weighted by Crippen LogP contribution is -2.60. The van der Waals surface area contributed by atoms with E-state index in [1.54, 1.807) is 11.9 Å². The Labute approximate surface area is 115 Å². The maximum Gasteiger partial charge on any atom is 0.317 e. The number of carbonyl (C=O) groups is 1. The molecule has 0 aromatic carbocycles. The number of rotatable bonds is 4. The van der Waals surface area contributed by atoms with Gasteiger partial charge in [0, 0.05) is 13.6 Å². The Hall–Kier alpha value is -0.840. The first kappa shape index (κ1) is 15.2. The topological polar surface area (TPSA) is 58.4 Å². The van der Waals surface area contributed by atoms with Gasteiger partial charge in [0.15, 0.2) is 0 Å². The van der Waals surface area contributed by atoms with Crippen molar-refractivity contribution in [2.75, 3.05) is 13.6 Å². The van der Waals surface area contributed by atoms with E-state index < -0.39 is 5.54 Å². The van der Waals surface area contributed by atoms with E-state index in [0.29, 0.717) is 11.5 Å². The Morgan fingerprint density at radius 2 is 2.00 bits per heavy atom. The summed E-state index contributed by atoms with van der Waals surface area (Å²) in [7, 11) is 1.78. The number of nitrogens with one attached hydrogen (secondary N) is 1. The van der Waals surface area contributed by atoms with Gasteiger partial charge in [-0.2, -0.15) is 0 Å². The quantitative estimate of drug-likeness (QED) is 0.771. The van der Waals surface area contributed by atoms with Gasteiger partial charge in [-0.15, -0.1) is 0 Å². The predicted molar refractivity (Wildman–Crippen MR) is 78.6 cm³/mol. The van der Waals surface area contributed by atoms with Crippen molar-refractivity contribution in [3.63, 3.8) is 0 Å². The van der Waals surface area contributed by atoms with E-state index in [-0.39, 0.29) is 6.03 Å². The molecule has 1 aliphatic carbocycles. The van der Waals surface area contributed by atoms with E-state index >= 15 is 0 Å². The molecule has 5 heteroatoms. The molecule has 0 bridgehead atoms. The number of thiocarbonyl (C=S) groups is 1. The van der Waals surface area contributed by atoms with Gasteiger partial charge in [0.25, 0.3) is 0 Å². The highest BCUT2D eigenvalue weighted by molar-refractivity contribution is 7.80. The van der Waals surface area contributed by atoms with Crippen LogP contribution < -0.4 is 11.1 Å². The van der Waals surface area contributed by atoms with E-state index in [1.165, 1.54) is 6.42 Å². The lowest BCUT2D eigenvalue weighted by Gasteiger charge is -2.40. The number of nitrogens with two attached hydrogens (primary N) is 1. The van der Waals surface area contributed by atoms with E-state index in [0.717, 1.165) is 31.6 Å². The van der Waals surface area contributed by atoms with Crippen molar-refractivity contribution < 1.29 is 4.79 Å². The summed E-state index contributed by atoms with van der Waals surface area (Å²) in [4.78, 5) is 14.1. The van der Waals surface area contributed by atoms with Crippen molar-refractivity contribution in [1.29, 1.82) is 0 Å². The predicted octanol–water partition coefficient (Wildman–Crippen LogP) is 2.27. The fourth-order valence-electron chi connectivity index (χ4n) is 2.46. The molecule has 0 unspecified atom stereocenters. The maximum absolute atomic E-state index is 12.0. The number of urea groups is 1. The van der Waals surface area contributed by atoms with Gasteiger partial charge < -0.3 is 16.0 Å². The van der Waals surface area contributed by atoms with Gasteiger partial charge in [0.2, 0.25) is 0 Å². The van der Waals surface area contributed by atoms with Crippen LogP contribution in [0.25, 0.3) is 0 Å². The number of nitrogens with zero attached hydrogens (tertiary/aromatic N) is 1. The Balaban J connectivity index is 2.71. The molecule has 3 N–H and O–H groups in total. The van der Waals surface area contributed by atoms with Crippen molar-refractivity contribution in [2.24, 2.45) is 11.7 Å². The zero-order valence-electron chi connectivity index (χ0n) is 11.7. The molecular formula is C13H25N3OS. The van der Waals surface area contributed by atoms with Gasteiger partial charge in [-0.1, -0.05) is 25.6 Å². The second-order valence-corrected chi connectivity index (χ2v) is 5.68. The van der Waals surface area contributed by atoms with Gasteiger partial charge in [0.1, 0.15) is 0 Å². The summed E-state index contributed by atoms with van der Waals surface area (Å²) in [5, 5.41) is 3.05. The first-order valence-corrected chi connectivity index (χ1v) is 7.19. The number of hydrogen-bond acceptors (Lipinski definition) is 2. The largest absolute Gasteiger partial charge is 0.391 e. The first-order chi connectivity index (χ1) is 8.45. The van der Waals surface area contributed by atoms with Crippen molar-refractivity contribution in [2.45, 2.75) is 51.5 Å². The highest BCUT2D eigenvalue weighted by Crippen LogP contribution is 2.34. The van der Waals surface area contributed by atoms with Crippen LogP contribution in [0.4, 0.5) is 4.79 Å². The van der Waals surface area contributed by atoms with Crippen LogP contribution in [0.15, 0.2) is 0 Å². The third-order valence-electron chi connectivity index (χ3n) is 4.17. The zero-order valence-corrected chi connectivity index (χ0v) is 12.5. The van der Waals surface area contributed by atoms with Gasteiger partial charge in [-0.3, -0.25) is 0 Å². The van der Waals surface area contributed by atoms with Crippen LogP contribution in [-0.2, 0) is 0 Å². The van der Waals surface area contributed by atoms with Crippen molar-refractivity contribution in [3.8, 4) is 0 Å². The van der Waals surface area contributed by atoms with Crippen LogP contribution in [0.2, 0.25) is 0 Å². The molecule has 0 spiro atoms. The Morgan fingerprint density at radius 1 is 1.44 bits per heavy atom. The monoisotopic (exact) mass is 271 g/mol. The smallest absolute Gasteiger partial charge is 0.317 e. The third kappa shape index (κ3) is 3.34. The second-order valence-electron chi connectivity index (χ2n) is 5.24. The molecule has 0 atom stereocenters. The van der Waals surface area contributed by atoms with Gasteiger partial charge in [0.05, 0.1) is 10.5 Å². The minimum atomic E-state index is -0.471. The average molecular weight is 271 g/mol. The summed E-state index contributed by atoms with van der Waals surface area (Å²) in [6.07, 6.45) is 5.10. The molecule has 0 aliphatic heterocycles. The SMILES string of the molecule is CCC1CCC(NC(=O)N(C)CC)(C(N)=S)CC1. The molecule has 0 radical (unpaired) electrons. The minimum absolute atomic E-state index is 0.0831. The summed E-state index contributed by atoms with van der Waals surface area (Å²) >= 11 is 5.19. The molecule has 0 heterocycles. The lowest BCUT2D eigenvalue weighted by atomic mass is 9.75. The van der Waals surface area contributed by atoms with Crippen LogP contribution in [0.1, 0.15) is 46.0 Å². The van der Waals surface area contributed by atoms with Gasteiger partial charge in [-0.25, -0.2) is 4.79 Å². The summed E-state index contributed by atoms with van der Waals surface area (Å²) in [5.74, 6) is 0.744. The summed E-state index contributed by atoms with van der Waals surface area (Å²) in [6, 6.07) is -0.0831. The Morgan fingerprint density at radius 3 is 2.39 bits per heavy atom. The van der Waals surface area contributed by atoms with E-state index in [1.807, 2.05) is 6.92 Å². The fraction of sp³-hybridized carbons (Fsp3) is 0.846. The highest BCUT2D eigenvalue weighted by atomic mass is 32.1. The molecular weight excluding hydrogens is 246 g/mol. The van der Waals surface area contributed by atoms with Crippen molar-refractivity contribution >= 4 is 23.2 Å². The molecule has 0 saturated heterocycles. The molecule has 104 valence electrons. The van der Waals surface area contributed by atoms with E-state index in [9.17, 15) is 4.79 Å². The minimum Gasteiger partial charge on any atom is -0.391 e. The van der Waals surface area contributed by atoms with E-state index in [4.69, 9.17) is 18.0 Å². The zero-order chi connectivity index (χ0) is 13.8. The van der Waals surface area contributed by atoms with Gasteiger partial charge in [-0.05, 0) is 38.5 Å². The van der Waals surface area contributed by atoms with Crippen molar-refractivity contribution in [3.05, 3.63) is 0 Å². The molecule has 18 heavy (non-hydrogen) atoms. The van der Waals surface area contributed by atoms with Crippen LogP contribution in [0.5, 0.6) is 0 Å². The summed E-state index contributed by atoms with van der Waals surface area (Å²) in [5.41, 5.74) is 5.41. The average Bonchev–Trinajstić information content (AvgIpc) is 2.38. The molecule has 0 aromatic rings. The highest BCUT2D eigenvalue weighted by Gasteiger charge is 2.39. The molecule has 1 saturated carbocycles. The lowest BCUT2D eigenvalue weighted by molar-refractivity contribution is 0.187. The standard InChI is InChI=1S/C13H25N3OS/c1-4-10-6-8-13(9-7-10,11(14)18)15-12(17)16(3)5-2/h10H,4-9H2,1-3H3,(H2,14,18)(H,15,17). The fourth-order valence-corrected chi connectivity index (χ4v) is 2.71. The van der Waals surface area contributed by atoms with Crippen LogP contribution in [0.3, 0.4) is 0 Å². The maximum atomic E-state index is 12.0. The van der Waals surface area contributed by atoms with Crippen molar-refractivity contribution in [1.82, 2.24) is 10.2 Å². The summed E-state index contributed by atoms with van der Waals surface area (Å²) in [6.45, 7) is 4.83. The number of amides is 2. The Kier molecular flexibility index (Phi) is 5.38. The van der Waals surface area contributed by atoms with Crippen LogP contribution in [-0.4, -0.2) is 35.1 Å². The molecule has 1 rings (SSSR count). The van der Waals surface area contributed by atoms with E-state index in [2.05, 4.69) is 12.2 Å². The first-order valence-electron chi connectivity index (χ1n) is 6.78. The molecule has 2 amide bonds. The summed E-state index contributed by atoms with van der Waals surface area (Å²) < 4.78 is 0. The molecule has 4 nitrogen and oxygen atoms in total. The molecule has 0 aromatic heterocycles. The molecule has 1 fully saturated rings. The number of hydrogen-bond donors (Lipinski definition) is 2. The van der Waals surface area contributed by atoms with Crippen LogP contribution in [0, 0.1) is 5.92 Å². The Bertz CT molecular complexity index is 311.